The van der Waals surface area contributed by atoms with Crippen LogP contribution in [0.3, 0.4) is 0 Å². The van der Waals surface area contributed by atoms with Gasteiger partial charge in [0, 0.05) is 5.02 Å². The molecule has 1 aromatic rings. The van der Waals surface area contributed by atoms with Crippen molar-refractivity contribution in [3.63, 3.8) is 0 Å². The molecule has 72 valence electrons. The zero-order chi connectivity index (χ0) is 9.84. The van der Waals surface area contributed by atoms with Crippen LogP contribution in [0.1, 0.15) is 24.5 Å². The van der Waals surface area contributed by atoms with Gasteiger partial charge < -0.3 is 5.11 Å². The van der Waals surface area contributed by atoms with E-state index < -0.39 is 0 Å². The van der Waals surface area contributed by atoms with E-state index in [1.165, 1.54) is 5.56 Å². The van der Waals surface area contributed by atoms with Gasteiger partial charge in [0.05, 0.1) is 6.10 Å². The minimum absolute atomic E-state index is 0.236. The third kappa shape index (κ3) is 3.02. The molecule has 0 bridgehead atoms. The minimum Gasteiger partial charge on any atom is -0.393 e. The van der Waals surface area contributed by atoms with Gasteiger partial charge in [0.25, 0.3) is 0 Å². The molecule has 0 amide bonds. The summed E-state index contributed by atoms with van der Waals surface area (Å²) in [6.45, 7) is 4.00. The van der Waals surface area contributed by atoms with Crippen molar-refractivity contribution in [3.8, 4) is 0 Å². The van der Waals surface area contributed by atoms with Gasteiger partial charge >= 0.3 is 0 Å². The molecular weight excluding hydrogens is 184 g/mol. The van der Waals surface area contributed by atoms with Crippen LogP contribution < -0.4 is 0 Å². The molecule has 0 saturated heterocycles. The first-order chi connectivity index (χ1) is 6.13. The van der Waals surface area contributed by atoms with Gasteiger partial charge in [0.15, 0.2) is 0 Å². The highest BCUT2D eigenvalue weighted by Crippen LogP contribution is 2.17. The molecule has 13 heavy (non-hydrogen) atoms. The van der Waals surface area contributed by atoms with Crippen LogP contribution >= 0.6 is 11.6 Å². The normalized spacial score (nSPS) is 12.9. The van der Waals surface area contributed by atoms with E-state index in [0.717, 1.165) is 23.4 Å². The smallest absolute Gasteiger partial charge is 0.0578 e. The quantitative estimate of drug-likeness (QED) is 0.792. The fraction of sp³-hybridized carbons (Fsp3) is 0.455. The van der Waals surface area contributed by atoms with Crippen molar-refractivity contribution >= 4 is 11.6 Å². The van der Waals surface area contributed by atoms with Gasteiger partial charge in [-0.05, 0) is 43.0 Å². The molecule has 1 unspecified atom stereocenters. The topological polar surface area (TPSA) is 20.2 Å². The molecule has 0 fully saturated rings. The number of hydrogen-bond acceptors (Lipinski definition) is 1. The van der Waals surface area contributed by atoms with Gasteiger partial charge in [0.1, 0.15) is 0 Å². The largest absolute Gasteiger partial charge is 0.393 e. The predicted octanol–water partition coefficient (Wildman–Crippen LogP) is 2.96. The number of hydrogen-bond donors (Lipinski definition) is 1. The van der Waals surface area contributed by atoms with E-state index in [-0.39, 0.29) is 6.10 Å². The first kappa shape index (κ1) is 10.6. The van der Waals surface area contributed by atoms with Gasteiger partial charge in [0.2, 0.25) is 0 Å². The van der Waals surface area contributed by atoms with Gasteiger partial charge in [-0.25, -0.2) is 0 Å². The Balaban J connectivity index is 2.77. The number of benzene rings is 1. The van der Waals surface area contributed by atoms with E-state index in [9.17, 15) is 5.11 Å². The van der Waals surface area contributed by atoms with Crippen LogP contribution in [0.5, 0.6) is 0 Å². The molecule has 1 atom stereocenters. The van der Waals surface area contributed by atoms with Gasteiger partial charge in [-0.3, -0.25) is 0 Å². The van der Waals surface area contributed by atoms with Crippen molar-refractivity contribution < 1.29 is 5.11 Å². The van der Waals surface area contributed by atoms with Crippen LogP contribution in [-0.2, 0) is 6.42 Å². The molecule has 0 aromatic heterocycles. The molecule has 0 aliphatic carbocycles. The summed E-state index contributed by atoms with van der Waals surface area (Å²) in [6, 6.07) is 5.78. The summed E-state index contributed by atoms with van der Waals surface area (Å²) >= 11 is 5.82. The Morgan fingerprint density at radius 1 is 1.46 bits per heavy atom. The van der Waals surface area contributed by atoms with E-state index >= 15 is 0 Å². The van der Waals surface area contributed by atoms with Crippen LogP contribution in [-0.4, -0.2) is 11.2 Å². The van der Waals surface area contributed by atoms with Crippen molar-refractivity contribution in [1.82, 2.24) is 0 Å². The Morgan fingerprint density at radius 3 is 2.69 bits per heavy atom. The highest BCUT2D eigenvalue weighted by molar-refractivity contribution is 6.30. The minimum atomic E-state index is -0.236. The molecule has 0 saturated carbocycles. The van der Waals surface area contributed by atoms with E-state index in [1.807, 2.05) is 32.0 Å². The Labute approximate surface area is 84.4 Å². The number of rotatable bonds is 3. The number of halogens is 1. The average molecular weight is 199 g/mol. The summed E-state index contributed by atoms with van der Waals surface area (Å²) in [5, 5.41) is 10.2. The number of aliphatic hydroxyl groups excluding tert-OH is 1. The average Bonchev–Trinajstić information content (AvgIpc) is 2.09. The maximum absolute atomic E-state index is 9.47. The fourth-order valence-corrected chi connectivity index (χ4v) is 1.51. The van der Waals surface area contributed by atoms with Crippen molar-refractivity contribution in [3.05, 3.63) is 34.3 Å². The molecule has 1 rings (SSSR count). The first-order valence-corrected chi connectivity index (χ1v) is 4.94. The van der Waals surface area contributed by atoms with Gasteiger partial charge in [-0.15, -0.1) is 0 Å². The van der Waals surface area contributed by atoms with Crippen LogP contribution in [0.25, 0.3) is 0 Å². The maximum atomic E-state index is 9.47. The second-order valence-electron chi connectivity index (χ2n) is 3.34. The van der Waals surface area contributed by atoms with Crippen LogP contribution in [0.15, 0.2) is 18.2 Å². The molecule has 0 heterocycles. The predicted molar refractivity (Wildman–Crippen MR) is 56.2 cm³/mol. The van der Waals surface area contributed by atoms with Crippen LogP contribution in [0.4, 0.5) is 0 Å². The lowest BCUT2D eigenvalue weighted by Gasteiger charge is -2.10. The standard InChI is InChI=1S/C11H15ClO/c1-3-11(13)7-9-4-5-10(12)6-8(9)2/h4-6,11,13H,3,7H2,1-2H3. The fourth-order valence-electron chi connectivity index (χ4n) is 1.29. The molecule has 0 aliphatic heterocycles. The van der Waals surface area contributed by atoms with E-state index in [0.29, 0.717) is 0 Å². The molecular formula is C11H15ClO. The van der Waals surface area contributed by atoms with Crippen molar-refractivity contribution in [1.29, 1.82) is 0 Å². The third-order valence-corrected chi connectivity index (χ3v) is 2.47. The highest BCUT2D eigenvalue weighted by atomic mass is 35.5. The van der Waals surface area contributed by atoms with Gasteiger partial charge in [-0.2, -0.15) is 0 Å². The molecule has 2 heteroatoms. The Hall–Kier alpha value is -0.530. The van der Waals surface area contributed by atoms with E-state index in [4.69, 9.17) is 11.6 Å². The first-order valence-electron chi connectivity index (χ1n) is 4.56. The van der Waals surface area contributed by atoms with Crippen molar-refractivity contribution in [2.75, 3.05) is 0 Å². The van der Waals surface area contributed by atoms with E-state index in [1.54, 1.807) is 0 Å². The zero-order valence-electron chi connectivity index (χ0n) is 8.05. The van der Waals surface area contributed by atoms with E-state index in [2.05, 4.69) is 0 Å². The third-order valence-electron chi connectivity index (χ3n) is 2.23. The van der Waals surface area contributed by atoms with Gasteiger partial charge in [-0.1, -0.05) is 24.6 Å². The summed E-state index contributed by atoms with van der Waals surface area (Å²) in [5.41, 5.74) is 2.33. The van der Waals surface area contributed by atoms with Crippen molar-refractivity contribution in [2.24, 2.45) is 0 Å². The Kier molecular flexibility index (Phi) is 3.76. The molecule has 1 nitrogen and oxygen atoms in total. The Morgan fingerprint density at radius 2 is 2.15 bits per heavy atom. The molecule has 0 spiro atoms. The van der Waals surface area contributed by atoms with Crippen LogP contribution in [0, 0.1) is 6.92 Å². The summed E-state index contributed by atoms with van der Waals surface area (Å²) in [7, 11) is 0. The SMILES string of the molecule is CCC(O)Cc1ccc(Cl)cc1C. The summed E-state index contributed by atoms with van der Waals surface area (Å²) in [5.74, 6) is 0. The maximum Gasteiger partial charge on any atom is 0.0578 e. The molecule has 0 aliphatic rings. The lowest BCUT2D eigenvalue weighted by Crippen LogP contribution is -2.09. The van der Waals surface area contributed by atoms with Crippen molar-refractivity contribution in [2.45, 2.75) is 32.8 Å². The molecule has 1 aromatic carbocycles. The summed E-state index contributed by atoms with van der Waals surface area (Å²) in [6.07, 6.45) is 1.28. The number of aliphatic hydroxyl groups is 1. The lowest BCUT2D eigenvalue weighted by atomic mass is 10.0. The molecule has 0 radical (unpaired) electrons. The summed E-state index contributed by atoms with van der Waals surface area (Å²) < 4.78 is 0. The van der Waals surface area contributed by atoms with Crippen LogP contribution in [0.2, 0.25) is 5.02 Å². The number of aryl methyl sites for hydroxylation is 1. The monoisotopic (exact) mass is 198 g/mol. The highest BCUT2D eigenvalue weighted by Gasteiger charge is 2.05. The Bertz CT molecular complexity index is 283. The second kappa shape index (κ2) is 4.64. The summed E-state index contributed by atoms with van der Waals surface area (Å²) in [4.78, 5) is 0. The second-order valence-corrected chi connectivity index (χ2v) is 3.77. The zero-order valence-corrected chi connectivity index (χ0v) is 8.80. The molecule has 1 N–H and O–H groups in total. The lowest BCUT2D eigenvalue weighted by molar-refractivity contribution is 0.170.